The number of nitrogen functional groups attached to an aromatic ring is 1. The van der Waals surface area contributed by atoms with Gasteiger partial charge in [0, 0.05) is 28.9 Å². The summed E-state index contributed by atoms with van der Waals surface area (Å²) in [5.74, 6) is 1.72. The molecule has 7 nitrogen and oxygen atoms in total. The lowest BCUT2D eigenvalue weighted by atomic mass is 9.98. The number of benzene rings is 2. The second kappa shape index (κ2) is 9.67. The van der Waals surface area contributed by atoms with E-state index in [1.165, 1.54) is 11.3 Å². The van der Waals surface area contributed by atoms with E-state index in [1.807, 2.05) is 36.4 Å². The van der Waals surface area contributed by atoms with E-state index >= 15 is 0 Å². The molecule has 5 rings (SSSR count). The van der Waals surface area contributed by atoms with Crippen molar-refractivity contribution in [3.8, 4) is 39.6 Å². The smallest absolute Gasteiger partial charge is 0.205 e. The van der Waals surface area contributed by atoms with Crippen LogP contribution in [-0.4, -0.2) is 37.1 Å². The van der Waals surface area contributed by atoms with Crippen molar-refractivity contribution in [1.82, 2.24) is 9.97 Å². The molecule has 0 aliphatic carbocycles. The van der Waals surface area contributed by atoms with Crippen molar-refractivity contribution in [2.24, 2.45) is 0 Å². The number of nitrogens with zero attached hydrogens (tertiary/aromatic N) is 2. The molecule has 0 fully saturated rings. The molecule has 0 spiro atoms. The van der Waals surface area contributed by atoms with Crippen molar-refractivity contribution in [2.75, 3.05) is 27.1 Å². The first kappa shape index (κ1) is 23.3. The van der Waals surface area contributed by atoms with E-state index in [4.69, 9.17) is 24.9 Å². The van der Waals surface area contributed by atoms with Gasteiger partial charge in [-0.3, -0.25) is 9.78 Å². The number of thiophene rings is 1. The average molecular weight is 498 g/mol. The van der Waals surface area contributed by atoms with Crippen molar-refractivity contribution in [3.63, 3.8) is 0 Å². The van der Waals surface area contributed by atoms with Crippen LogP contribution in [-0.2, 0) is 0 Å². The number of hydrogen-bond acceptors (Lipinski definition) is 8. The number of anilines is 1. The molecular weight excluding hydrogens is 474 g/mol. The molecule has 0 aliphatic heterocycles. The summed E-state index contributed by atoms with van der Waals surface area (Å²) in [5.41, 5.74) is 10.8. The van der Waals surface area contributed by atoms with Crippen LogP contribution >= 0.6 is 11.3 Å². The van der Waals surface area contributed by atoms with Crippen molar-refractivity contribution in [3.05, 3.63) is 83.5 Å². The Morgan fingerprint density at radius 1 is 0.889 bits per heavy atom. The SMILES string of the molecule is COc1ccc(C(=O)c2sc3nc(-c4cccnc4)cc(-c4ccc(OC)c(OC)c4)c3c2N)cc1. The Hall–Kier alpha value is -4.43. The third kappa shape index (κ3) is 4.12. The monoisotopic (exact) mass is 497 g/mol. The quantitative estimate of drug-likeness (QED) is 0.281. The Bertz CT molecular complexity index is 1560. The lowest BCUT2D eigenvalue weighted by molar-refractivity contribution is 0.104. The fourth-order valence-corrected chi connectivity index (χ4v) is 5.14. The lowest BCUT2D eigenvalue weighted by Gasteiger charge is -2.12. The minimum atomic E-state index is -0.167. The third-order valence-corrected chi connectivity index (χ3v) is 7.01. The summed E-state index contributed by atoms with van der Waals surface area (Å²) in [4.78, 5) is 23.6. The van der Waals surface area contributed by atoms with Gasteiger partial charge in [0.1, 0.15) is 15.5 Å². The van der Waals surface area contributed by atoms with Gasteiger partial charge in [-0.05, 0) is 65.7 Å². The van der Waals surface area contributed by atoms with Crippen LogP contribution in [0.25, 0.3) is 32.6 Å². The number of ether oxygens (including phenoxy) is 3. The minimum Gasteiger partial charge on any atom is -0.497 e. The molecule has 180 valence electrons. The molecule has 0 unspecified atom stereocenters. The summed E-state index contributed by atoms with van der Waals surface area (Å²) in [6.07, 6.45) is 3.47. The number of nitrogens with two attached hydrogens (primary N) is 1. The van der Waals surface area contributed by atoms with Gasteiger partial charge in [0.15, 0.2) is 11.5 Å². The molecule has 0 atom stereocenters. The summed E-state index contributed by atoms with van der Waals surface area (Å²) >= 11 is 1.28. The summed E-state index contributed by atoms with van der Waals surface area (Å²) in [5, 5.41) is 0.719. The van der Waals surface area contributed by atoms with Gasteiger partial charge in [0.05, 0.1) is 32.7 Å². The summed E-state index contributed by atoms with van der Waals surface area (Å²) < 4.78 is 16.2. The van der Waals surface area contributed by atoms with Crippen LogP contribution in [0.4, 0.5) is 5.69 Å². The van der Waals surface area contributed by atoms with Crippen LogP contribution in [0.5, 0.6) is 17.2 Å². The van der Waals surface area contributed by atoms with E-state index in [1.54, 1.807) is 58.0 Å². The maximum absolute atomic E-state index is 13.4. The number of carbonyl (C=O) groups is 1. The molecule has 0 radical (unpaired) electrons. The Labute approximate surface area is 212 Å². The Morgan fingerprint density at radius 2 is 1.67 bits per heavy atom. The number of ketones is 1. The molecule has 36 heavy (non-hydrogen) atoms. The molecule has 0 saturated heterocycles. The average Bonchev–Trinajstić information content (AvgIpc) is 3.28. The molecule has 8 heteroatoms. The molecule has 3 heterocycles. The van der Waals surface area contributed by atoms with Crippen LogP contribution in [0, 0.1) is 0 Å². The number of aromatic nitrogens is 2. The maximum atomic E-state index is 13.4. The highest BCUT2D eigenvalue weighted by molar-refractivity contribution is 7.21. The summed E-state index contributed by atoms with van der Waals surface area (Å²) in [6, 6.07) is 18.4. The zero-order valence-corrected chi connectivity index (χ0v) is 20.8. The second-order valence-electron chi connectivity index (χ2n) is 7.95. The highest BCUT2D eigenvalue weighted by Gasteiger charge is 2.23. The van der Waals surface area contributed by atoms with Gasteiger partial charge < -0.3 is 19.9 Å². The van der Waals surface area contributed by atoms with Gasteiger partial charge in [-0.15, -0.1) is 11.3 Å². The van der Waals surface area contributed by atoms with E-state index in [0.29, 0.717) is 38.2 Å². The largest absolute Gasteiger partial charge is 0.497 e. The molecule has 2 N–H and O–H groups in total. The van der Waals surface area contributed by atoms with E-state index in [9.17, 15) is 4.79 Å². The zero-order chi connectivity index (χ0) is 25.2. The number of fused-ring (bicyclic) bond motifs is 1. The first-order chi connectivity index (χ1) is 17.5. The highest BCUT2D eigenvalue weighted by Crippen LogP contribution is 2.43. The van der Waals surface area contributed by atoms with E-state index in [-0.39, 0.29) is 5.78 Å². The Kier molecular flexibility index (Phi) is 6.26. The topological polar surface area (TPSA) is 96.6 Å². The van der Waals surface area contributed by atoms with Gasteiger partial charge in [-0.1, -0.05) is 6.07 Å². The zero-order valence-electron chi connectivity index (χ0n) is 19.9. The molecule has 0 amide bonds. The molecule has 0 aliphatic rings. The number of hydrogen-bond donors (Lipinski definition) is 1. The lowest BCUT2D eigenvalue weighted by Crippen LogP contribution is -2.02. The van der Waals surface area contributed by atoms with Crippen molar-refractivity contribution in [2.45, 2.75) is 0 Å². The van der Waals surface area contributed by atoms with Crippen LogP contribution < -0.4 is 19.9 Å². The maximum Gasteiger partial charge on any atom is 0.205 e. The highest BCUT2D eigenvalue weighted by atomic mass is 32.1. The minimum absolute atomic E-state index is 0.167. The molecule has 2 aromatic carbocycles. The summed E-state index contributed by atoms with van der Waals surface area (Å²) in [7, 11) is 4.77. The number of pyridine rings is 2. The molecule has 3 aromatic heterocycles. The fourth-order valence-electron chi connectivity index (χ4n) is 4.06. The van der Waals surface area contributed by atoms with Gasteiger partial charge >= 0.3 is 0 Å². The number of carbonyl (C=O) groups excluding carboxylic acids is 1. The molecule has 5 aromatic rings. The van der Waals surface area contributed by atoms with E-state index in [0.717, 1.165) is 27.8 Å². The van der Waals surface area contributed by atoms with Crippen LogP contribution in [0.15, 0.2) is 73.1 Å². The van der Waals surface area contributed by atoms with E-state index < -0.39 is 0 Å². The predicted octanol–water partition coefficient (Wildman–Crippen LogP) is 5.86. The predicted molar refractivity (Wildman–Crippen MR) is 142 cm³/mol. The van der Waals surface area contributed by atoms with Crippen LogP contribution in [0.1, 0.15) is 15.2 Å². The van der Waals surface area contributed by atoms with Gasteiger partial charge in [-0.2, -0.15) is 0 Å². The fraction of sp³-hybridized carbons (Fsp3) is 0.107. The molecule has 0 bridgehead atoms. The van der Waals surface area contributed by atoms with Crippen LogP contribution in [0.3, 0.4) is 0 Å². The first-order valence-corrected chi connectivity index (χ1v) is 11.9. The van der Waals surface area contributed by atoms with Gasteiger partial charge in [-0.25, -0.2) is 4.98 Å². The number of methoxy groups -OCH3 is 3. The molecular formula is C28H23N3O4S. The van der Waals surface area contributed by atoms with Gasteiger partial charge in [0.2, 0.25) is 5.78 Å². The standard InChI is InChI=1S/C28H23N3O4S/c1-33-19-9-6-16(7-10-19)26(32)27-25(29)24-20(17-8-11-22(34-2)23(13-17)35-3)14-21(31-28(24)36-27)18-5-4-12-30-15-18/h4-15H,29H2,1-3H3. The third-order valence-electron chi connectivity index (χ3n) is 5.91. The Balaban J connectivity index is 1.73. The summed E-state index contributed by atoms with van der Waals surface area (Å²) in [6.45, 7) is 0. The Morgan fingerprint density at radius 3 is 2.33 bits per heavy atom. The number of rotatable bonds is 7. The van der Waals surface area contributed by atoms with Crippen molar-refractivity contribution < 1.29 is 19.0 Å². The van der Waals surface area contributed by atoms with Crippen LogP contribution in [0.2, 0.25) is 0 Å². The van der Waals surface area contributed by atoms with Gasteiger partial charge in [0.25, 0.3) is 0 Å². The van der Waals surface area contributed by atoms with Crippen molar-refractivity contribution >= 4 is 33.0 Å². The normalized spacial score (nSPS) is 10.9. The second-order valence-corrected chi connectivity index (χ2v) is 8.95. The first-order valence-electron chi connectivity index (χ1n) is 11.1. The van der Waals surface area contributed by atoms with Crippen molar-refractivity contribution in [1.29, 1.82) is 0 Å². The van der Waals surface area contributed by atoms with E-state index in [2.05, 4.69) is 4.98 Å². The molecule has 0 saturated carbocycles.